The zero-order valence-electron chi connectivity index (χ0n) is 21.4. The van der Waals surface area contributed by atoms with Crippen LogP contribution in [0.2, 0.25) is 0 Å². The van der Waals surface area contributed by atoms with E-state index in [1.54, 1.807) is 24.0 Å². The van der Waals surface area contributed by atoms with Gasteiger partial charge in [-0.2, -0.15) is 0 Å². The lowest BCUT2D eigenvalue weighted by atomic mass is 10.1. The summed E-state index contributed by atoms with van der Waals surface area (Å²) in [5, 5.41) is 9.25. The molecular weight excluding hydrogens is 462 g/mol. The molecular formula is C28H39NO7. The molecule has 0 aliphatic heterocycles. The van der Waals surface area contributed by atoms with E-state index in [1.165, 1.54) is 0 Å². The Morgan fingerprint density at radius 2 is 1.61 bits per heavy atom. The van der Waals surface area contributed by atoms with E-state index < -0.39 is 12.1 Å². The van der Waals surface area contributed by atoms with E-state index in [1.807, 2.05) is 42.5 Å². The summed E-state index contributed by atoms with van der Waals surface area (Å²) < 4.78 is 22.2. The first-order valence-electron chi connectivity index (χ1n) is 12.6. The lowest BCUT2D eigenvalue weighted by molar-refractivity contribution is -0.149. The molecule has 0 saturated carbocycles. The van der Waals surface area contributed by atoms with Gasteiger partial charge in [-0.3, -0.25) is 0 Å². The van der Waals surface area contributed by atoms with E-state index in [0.29, 0.717) is 58.3 Å². The number of ether oxygens (including phenoxy) is 4. The van der Waals surface area contributed by atoms with Crippen LogP contribution in [0.3, 0.4) is 0 Å². The predicted octanol–water partition coefficient (Wildman–Crippen LogP) is 4.60. The Morgan fingerprint density at radius 1 is 0.889 bits per heavy atom. The molecule has 1 amide bonds. The summed E-state index contributed by atoms with van der Waals surface area (Å²) in [5.74, 6) is -0.342. The molecule has 0 heterocycles. The molecule has 8 nitrogen and oxygen atoms in total. The third kappa shape index (κ3) is 11.6. The molecule has 2 aromatic carbocycles. The van der Waals surface area contributed by atoms with Crippen LogP contribution in [0.25, 0.3) is 0 Å². The third-order valence-electron chi connectivity index (χ3n) is 5.48. The highest BCUT2D eigenvalue weighted by molar-refractivity contribution is 5.72. The molecule has 2 aromatic rings. The number of carbonyl (C=O) groups is 2. The lowest BCUT2D eigenvalue weighted by Gasteiger charge is -2.22. The molecule has 0 saturated heterocycles. The van der Waals surface area contributed by atoms with Crippen molar-refractivity contribution >= 4 is 12.1 Å². The summed E-state index contributed by atoms with van der Waals surface area (Å²) >= 11 is 0. The van der Waals surface area contributed by atoms with Crippen molar-refractivity contribution in [2.24, 2.45) is 0 Å². The molecule has 2 rings (SSSR count). The van der Waals surface area contributed by atoms with Gasteiger partial charge >= 0.3 is 12.1 Å². The molecule has 0 radical (unpaired) electrons. The average molecular weight is 502 g/mol. The number of carboxylic acids is 1. The number of benzene rings is 2. The summed E-state index contributed by atoms with van der Waals surface area (Å²) in [6, 6.07) is 17.1. The standard InChI is InChI=1S/C28H39NO7/c1-3-5-18-33-20-16-29(28(32)36-19-15-23-9-7-6-8-10-23)17-21-35-25-13-11-24(12-14-25)22-26(27(30)31)34-4-2/h6-14,26H,3-5,15-22H2,1-2H3,(H,30,31). The Kier molecular flexibility index (Phi) is 14.0. The van der Waals surface area contributed by atoms with Gasteiger partial charge in [-0.05, 0) is 36.6 Å². The average Bonchev–Trinajstić information content (AvgIpc) is 2.88. The molecule has 0 bridgehead atoms. The summed E-state index contributed by atoms with van der Waals surface area (Å²) in [7, 11) is 0. The highest BCUT2D eigenvalue weighted by Gasteiger charge is 2.18. The molecule has 198 valence electrons. The number of hydrogen-bond acceptors (Lipinski definition) is 6. The van der Waals surface area contributed by atoms with Gasteiger partial charge < -0.3 is 29.0 Å². The first-order valence-corrected chi connectivity index (χ1v) is 12.6. The molecule has 1 atom stereocenters. The van der Waals surface area contributed by atoms with Crippen LogP contribution in [0.5, 0.6) is 5.75 Å². The van der Waals surface area contributed by atoms with Crippen LogP contribution in [0.1, 0.15) is 37.8 Å². The first-order chi connectivity index (χ1) is 17.5. The number of aliphatic carboxylic acids is 1. The summed E-state index contributed by atoms with van der Waals surface area (Å²) in [5.41, 5.74) is 1.96. The Hall–Kier alpha value is -3.10. The number of carbonyl (C=O) groups excluding carboxylic acids is 1. The fourth-order valence-corrected chi connectivity index (χ4v) is 3.44. The maximum atomic E-state index is 12.7. The van der Waals surface area contributed by atoms with Crippen LogP contribution in [-0.4, -0.2) is 74.3 Å². The van der Waals surface area contributed by atoms with Crippen LogP contribution in [0.15, 0.2) is 54.6 Å². The molecule has 0 aromatic heterocycles. The second-order valence-electron chi connectivity index (χ2n) is 8.28. The monoisotopic (exact) mass is 501 g/mol. The van der Waals surface area contributed by atoms with E-state index >= 15 is 0 Å². The van der Waals surface area contributed by atoms with Crippen LogP contribution in [-0.2, 0) is 31.8 Å². The number of nitrogens with zero attached hydrogens (tertiary/aromatic N) is 1. The Labute approximate surface area is 214 Å². The van der Waals surface area contributed by atoms with Gasteiger partial charge in [-0.1, -0.05) is 55.8 Å². The van der Waals surface area contributed by atoms with E-state index in [-0.39, 0.29) is 12.5 Å². The smallest absolute Gasteiger partial charge is 0.409 e. The van der Waals surface area contributed by atoms with Crippen molar-refractivity contribution in [1.29, 1.82) is 0 Å². The predicted molar refractivity (Wildman–Crippen MR) is 137 cm³/mol. The summed E-state index contributed by atoms with van der Waals surface area (Å²) in [6.07, 6.45) is 1.72. The molecule has 0 aliphatic rings. The van der Waals surface area contributed by atoms with Gasteiger partial charge in [0.1, 0.15) is 12.4 Å². The molecule has 1 unspecified atom stereocenters. The van der Waals surface area contributed by atoms with Gasteiger partial charge in [0.05, 0.1) is 19.8 Å². The molecule has 8 heteroatoms. The normalized spacial score (nSPS) is 11.6. The highest BCUT2D eigenvalue weighted by atomic mass is 16.6. The second kappa shape index (κ2) is 17.3. The number of rotatable bonds is 18. The van der Waals surface area contributed by atoms with Crippen LogP contribution >= 0.6 is 0 Å². The summed E-state index contributed by atoms with van der Waals surface area (Å²) in [6.45, 7) is 6.69. The van der Waals surface area contributed by atoms with E-state index in [9.17, 15) is 14.7 Å². The maximum Gasteiger partial charge on any atom is 0.409 e. The maximum absolute atomic E-state index is 12.7. The topological polar surface area (TPSA) is 94.5 Å². The zero-order valence-corrected chi connectivity index (χ0v) is 21.4. The van der Waals surface area contributed by atoms with E-state index in [0.717, 1.165) is 24.0 Å². The molecule has 0 fully saturated rings. The van der Waals surface area contributed by atoms with E-state index in [2.05, 4.69) is 6.92 Å². The minimum absolute atomic E-state index is 0.282. The van der Waals surface area contributed by atoms with Crippen molar-refractivity contribution in [2.45, 2.75) is 45.6 Å². The fourth-order valence-electron chi connectivity index (χ4n) is 3.44. The Bertz CT molecular complexity index is 873. The number of carboxylic acid groups (broad SMARTS) is 1. The van der Waals surface area contributed by atoms with Crippen molar-refractivity contribution in [3.05, 3.63) is 65.7 Å². The van der Waals surface area contributed by atoms with Gasteiger partial charge in [0.25, 0.3) is 0 Å². The zero-order chi connectivity index (χ0) is 26.0. The fraction of sp³-hybridized carbons (Fsp3) is 0.500. The van der Waals surface area contributed by atoms with Crippen LogP contribution < -0.4 is 4.74 Å². The second-order valence-corrected chi connectivity index (χ2v) is 8.28. The van der Waals surface area contributed by atoms with Crippen LogP contribution in [0.4, 0.5) is 4.79 Å². The quantitative estimate of drug-likeness (QED) is 0.298. The van der Waals surface area contributed by atoms with Gasteiger partial charge in [-0.25, -0.2) is 9.59 Å². The molecule has 36 heavy (non-hydrogen) atoms. The largest absolute Gasteiger partial charge is 0.492 e. The van der Waals surface area contributed by atoms with E-state index in [4.69, 9.17) is 18.9 Å². The van der Waals surface area contributed by atoms with Crippen LogP contribution in [0, 0.1) is 0 Å². The number of amides is 1. The van der Waals surface area contributed by atoms with Gasteiger partial charge in [-0.15, -0.1) is 0 Å². The minimum Gasteiger partial charge on any atom is -0.492 e. The third-order valence-corrected chi connectivity index (χ3v) is 5.48. The highest BCUT2D eigenvalue weighted by Crippen LogP contribution is 2.15. The SMILES string of the molecule is CCCCOCCN(CCOc1ccc(CC(OCC)C(=O)O)cc1)C(=O)OCCc1ccccc1. The van der Waals surface area contributed by atoms with Crippen molar-refractivity contribution < 1.29 is 33.6 Å². The van der Waals surface area contributed by atoms with Crippen molar-refractivity contribution in [2.75, 3.05) is 46.1 Å². The molecule has 0 spiro atoms. The van der Waals surface area contributed by atoms with Gasteiger partial charge in [0.15, 0.2) is 6.10 Å². The van der Waals surface area contributed by atoms with Crippen molar-refractivity contribution in [3.63, 3.8) is 0 Å². The molecule has 0 aliphatic carbocycles. The first kappa shape index (κ1) is 29.1. The van der Waals surface area contributed by atoms with Crippen molar-refractivity contribution in [1.82, 2.24) is 4.90 Å². The van der Waals surface area contributed by atoms with Gasteiger partial charge in [0, 0.05) is 32.6 Å². The minimum atomic E-state index is -0.980. The number of unbranched alkanes of at least 4 members (excludes halogenated alkanes) is 1. The van der Waals surface area contributed by atoms with Gasteiger partial charge in [0.2, 0.25) is 0 Å². The number of hydrogen-bond donors (Lipinski definition) is 1. The Balaban J connectivity index is 1.83. The lowest BCUT2D eigenvalue weighted by Crippen LogP contribution is -2.38. The Morgan fingerprint density at radius 3 is 2.28 bits per heavy atom. The van der Waals surface area contributed by atoms with Crippen molar-refractivity contribution in [3.8, 4) is 5.75 Å². The summed E-state index contributed by atoms with van der Waals surface area (Å²) in [4.78, 5) is 25.6. The molecule has 1 N–H and O–H groups in total.